The van der Waals surface area contributed by atoms with Crippen molar-refractivity contribution >= 4 is 5.91 Å². The van der Waals surface area contributed by atoms with Crippen molar-refractivity contribution in [2.75, 3.05) is 6.61 Å². The Morgan fingerprint density at radius 1 is 1.11 bits per heavy atom. The van der Waals surface area contributed by atoms with Gasteiger partial charge in [-0.25, -0.2) is 0 Å². The number of hydrogen-bond donors (Lipinski definition) is 3. The largest absolute Gasteiger partial charge is 0.395 e. The van der Waals surface area contributed by atoms with Crippen molar-refractivity contribution in [1.29, 1.82) is 0 Å². The van der Waals surface area contributed by atoms with Gasteiger partial charge in [-0.2, -0.15) is 0 Å². The Bertz CT molecular complexity index is 228. The van der Waals surface area contributed by atoms with Crippen LogP contribution in [0.25, 0.3) is 0 Å². The zero-order chi connectivity index (χ0) is 14.1. The van der Waals surface area contributed by atoms with E-state index in [1.807, 2.05) is 6.92 Å². The number of carbonyl (C=O) groups excluding carboxylic acids is 1. The number of aliphatic hydroxyl groups is 1. The van der Waals surface area contributed by atoms with Crippen LogP contribution in [0.3, 0.4) is 0 Å². The van der Waals surface area contributed by atoms with Crippen LogP contribution >= 0.6 is 0 Å². The first-order valence-electron chi connectivity index (χ1n) is 7.11. The van der Waals surface area contributed by atoms with Crippen LogP contribution in [0.1, 0.15) is 53.9 Å². The lowest BCUT2D eigenvalue weighted by atomic mass is 10.0. The van der Waals surface area contributed by atoms with Gasteiger partial charge in [0, 0.05) is 12.1 Å². The molecule has 0 aromatic rings. The van der Waals surface area contributed by atoms with E-state index in [2.05, 4.69) is 38.3 Å². The van der Waals surface area contributed by atoms with Crippen LogP contribution in [0, 0.1) is 5.92 Å². The van der Waals surface area contributed by atoms with Gasteiger partial charge in [0.1, 0.15) is 0 Å². The Hall–Kier alpha value is -0.610. The first kappa shape index (κ1) is 17.4. The van der Waals surface area contributed by atoms with E-state index < -0.39 is 0 Å². The lowest BCUT2D eigenvalue weighted by molar-refractivity contribution is -0.123. The summed E-state index contributed by atoms with van der Waals surface area (Å²) in [6, 6.07) is -0.0200. The minimum atomic E-state index is -0.263. The van der Waals surface area contributed by atoms with Crippen LogP contribution in [-0.2, 0) is 4.79 Å². The molecule has 2 atom stereocenters. The molecule has 1 amide bonds. The molecule has 0 aliphatic carbocycles. The van der Waals surface area contributed by atoms with Gasteiger partial charge in [-0.3, -0.25) is 4.79 Å². The van der Waals surface area contributed by atoms with Crippen molar-refractivity contribution in [2.45, 2.75) is 72.0 Å². The van der Waals surface area contributed by atoms with Crippen molar-refractivity contribution in [2.24, 2.45) is 5.92 Å². The second kappa shape index (κ2) is 9.34. The van der Waals surface area contributed by atoms with E-state index in [0.29, 0.717) is 5.92 Å². The monoisotopic (exact) mass is 258 g/mol. The maximum absolute atomic E-state index is 12.0. The molecule has 0 aliphatic rings. The summed E-state index contributed by atoms with van der Waals surface area (Å²) in [5, 5.41) is 15.5. The first-order chi connectivity index (χ1) is 8.44. The normalized spacial score (nSPS) is 14.9. The molecular weight excluding hydrogens is 228 g/mol. The molecule has 0 aromatic carbocycles. The predicted octanol–water partition coefficient (Wildman–Crippen LogP) is 1.68. The number of hydrogen-bond acceptors (Lipinski definition) is 3. The highest BCUT2D eigenvalue weighted by atomic mass is 16.3. The summed E-state index contributed by atoms with van der Waals surface area (Å²) < 4.78 is 0. The molecule has 0 aromatic heterocycles. The molecule has 0 saturated heterocycles. The smallest absolute Gasteiger partial charge is 0.237 e. The van der Waals surface area contributed by atoms with Crippen LogP contribution in [0.15, 0.2) is 0 Å². The zero-order valence-corrected chi connectivity index (χ0v) is 12.5. The summed E-state index contributed by atoms with van der Waals surface area (Å²) in [5.41, 5.74) is 0. The van der Waals surface area contributed by atoms with Crippen molar-refractivity contribution in [3.8, 4) is 0 Å². The molecule has 2 unspecified atom stereocenters. The average Bonchev–Trinajstić information content (AvgIpc) is 2.33. The van der Waals surface area contributed by atoms with Gasteiger partial charge in [-0.05, 0) is 32.1 Å². The quantitative estimate of drug-likeness (QED) is 0.589. The van der Waals surface area contributed by atoms with Crippen molar-refractivity contribution in [3.63, 3.8) is 0 Å². The maximum Gasteiger partial charge on any atom is 0.237 e. The van der Waals surface area contributed by atoms with Gasteiger partial charge in [0.05, 0.1) is 12.6 Å². The first-order valence-corrected chi connectivity index (χ1v) is 7.11. The molecule has 0 heterocycles. The van der Waals surface area contributed by atoms with Crippen molar-refractivity contribution in [3.05, 3.63) is 0 Å². The molecule has 0 rings (SSSR count). The maximum atomic E-state index is 12.0. The Balaban J connectivity index is 4.19. The summed E-state index contributed by atoms with van der Waals surface area (Å²) in [6.45, 7) is 10.3. The molecule has 108 valence electrons. The zero-order valence-electron chi connectivity index (χ0n) is 12.5. The number of amides is 1. The second-order valence-electron chi connectivity index (χ2n) is 5.42. The van der Waals surface area contributed by atoms with E-state index in [9.17, 15) is 9.90 Å². The van der Waals surface area contributed by atoms with Gasteiger partial charge in [0.25, 0.3) is 0 Å². The van der Waals surface area contributed by atoms with Gasteiger partial charge in [0.15, 0.2) is 0 Å². The van der Waals surface area contributed by atoms with E-state index in [0.717, 1.165) is 19.3 Å². The summed E-state index contributed by atoms with van der Waals surface area (Å²) in [5.74, 6) is 0.523. The lowest BCUT2D eigenvalue weighted by Crippen LogP contribution is -2.50. The van der Waals surface area contributed by atoms with E-state index in [1.54, 1.807) is 0 Å². The fourth-order valence-corrected chi connectivity index (χ4v) is 2.01. The molecule has 0 fully saturated rings. The summed E-state index contributed by atoms with van der Waals surface area (Å²) in [6.07, 6.45) is 2.77. The molecular formula is C14H30N2O2. The highest BCUT2D eigenvalue weighted by molar-refractivity contribution is 5.81. The Labute approximate surface area is 112 Å². The number of rotatable bonds is 9. The van der Waals surface area contributed by atoms with E-state index in [4.69, 9.17) is 0 Å². The third-order valence-electron chi connectivity index (χ3n) is 3.19. The average molecular weight is 258 g/mol. The third kappa shape index (κ3) is 6.97. The van der Waals surface area contributed by atoms with E-state index in [1.165, 1.54) is 0 Å². The summed E-state index contributed by atoms with van der Waals surface area (Å²) in [7, 11) is 0. The van der Waals surface area contributed by atoms with Gasteiger partial charge >= 0.3 is 0 Å². The fourth-order valence-electron chi connectivity index (χ4n) is 2.01. The highest BCUT2D eigenvalue weighted by Gasteiger charge is 2.19. The number of aliphatic hydroxyl groups excluding tert-OH is 1. The fraction of sp³-hybridized carbons (Fsp3) is 0.929. The van der Waals surface area contributed by atoms with Crippen LogP contribution in [-0.4, -0.2) is 35.7 Å². The summed E-state index contributed by atoms with van der Waals surface area (Å²) >= 11 is 0. The van der Waals surface area contributed by atoms with Crippen molar-refractivity contribution in [1.82, 2.24) is 10.6 Å². The standard InChI is InChI=1S/C14H30N2O2/c1-6-12(7-2)16-14(18)11(5)15-13(9-17)8-10(3)4/h10-13,15,17H,6-9H2,1-5H3,(H,16,18). The molecule has 0 radical (unpaired) electrons. The van der Waals surface area contributed by atoms with Crippen LogP contribution < -0.4 is 10.6 Å². The van der Waals surface area contributed by atoms with Crippen molar-refractivity contribution < 1.29 is 9.90 Å². The Kier molecular flexibility index (Phi) is 9.02. The van der Waals surface area contributed by atoms with Gasteiger partial charge in [-0.1, -0.05) is 27.7 Å². The second-order valence-corrected chi connectivity index (χ2v) is 5.42. The van der Waals surface area contributed by atoms with Crippen LogP contribution in [0.5, 0.6) is 0 Å². The topological polar surface area (TPSA) is 61.4 Å². The summed E-state index contributed by atoms with van der Waals surface area (Å²) in [4.78, 5) is 12.0. The van der Waals surface area contributed by atoms with Gasteiger partial charge in [0.2, 0.25) is 5.91 Å². The molecule has 4 nitrogen and oxygen atoms in total. The number of carbonyl (C=O) groups is 1. The lowest BCUT2D eigenvalue weighted by Gasteiger charge is -2.24. The van der Waals surface area contributed by atoms with E-state index >= 15 is 0 Å². The Morgan fingerprint density at radius 3 is 2.06 bits per heavy atom. The molecule has 18 heavy (non-hydrogen) atoms. The Morgan fingerprint density at radius 2 is 1.67 bits per heavy atom. The van der Waals surface area contributed by atoms with Crippen LogP contribution in [0.2, 0.25) is 0 Å². The molecule has 0 saturated carbocycles. The minimum Gasteiger partial charge on any atom is -0.395 e. The van der Waals surface area contributed by atoms with Gasteiger partial charge in [-0.15, -0.1) is 0 Å². The third-order valence-corrected chi connectivity index (χ3v) is 3.19. The molecule has 0 bridgehead atoms. The SMILES string of the molecule is CCC(CC)NC(=O)C(C)NC(CO)CC(C)C. The number of nitrogens with one attached hydrogen (secondary N) is 2. The van der Waals surface area contributed by atoms with E-state index in [-0.39, 0.29) is 30.6 Å². The molecule has 0 spiro atoms. The molecule has 0 aliphatic heterocycles. The molecule has 4 heteroatoms. The minimum absolute atomic E-state index is 0.00699. The van der Waals surface area contributed by atoms with Gasteiger partial charge < -0.3 is 15.7 Å². The predicted molar refractivity (Wildman–Crippen MR) is 75.4 cm³/mol. The molecule has 3 N–H and O–H groups in total. The van der Waals surface area contributed by atoms with Crippen LogP contribution in [0.4, 0.5) is 0 Å². The highest BCUT2D eigenvalue weighted by Crippen LogP contribution is 2.05.